The van der Waals surface area contributed by atoms with Gasteiger partial charge in [-0.2, -0.15) is 5.10 Å². The summed E-state index contributed by atoms with van der Waals surface area (Å²) in [5.41, 5.74) is 12.5. The van der Waals surface area contributed by atoms with Gasteiger partial charge in [-0.05, 0) is 12.1 Å². The van der Waals surface area contributed by atoms with E-state index in [0.29, 0.717) is 5.69 Å². The first-order valence-electron chi connectivity index (χ1n) is 4.59. The number of benzene rings is 1. The normalized spacial score (nSPS) is 10.8. The first kappa shape index (κ1) is 10.0. The van der Waals surface area contributed by atoms with Crippen LogP contribution in [0.5, 0.6) is 0 Å². The predicted molar refractivity (Wildman–Crippen MR) is 62.9 cm³/mol. The maximum absolute atomic E-state index is 5.13. The molecule has 0 aliphatic rings. The van der Waals surface area contributed by atoms with Crippen LogP contribution in [0.2, 0.25) is 0 Å². The largest absolute Gasteiger partial charge is 0.369 e. The van der Waals surface area contributed by atoms with Crippen LogP contribution in [0.25, 0.3) is 11.0 Å². The SMILES string of the molecule is NC(N)=N/N=C/c1cnc2ccccc2n1. The van der Waals surface area contributed by atoms with Gasteiger partial charge in [0.05, 0.1) is 23.4 Å². The predicted octanol–water partition coefficient (Wildman–Crippen LogP) is 0.237. The van der Waals surface area contributed by atoms with Crippen LogP contribution in [0.1, 0.15) is 5.69 Å². The van der Waals surface area contributed by atoms with Gasteiger partial charge < -0.3 is 11.5 Å². The van der Waals surface area contributed by atoms with E-state index in [1.54, 1.807) is 6.20 Å². The molecule has 0 bridgehead atoms. The Kier molecular flexibility index (Phi) is 2.73. The highest BCUT2D eigenvalue weighted by molar-refractivity contribution is 5.83. The molecule has 1 aromatic heterocycles. The smallest absolute Gasteiger partial charge is 0.211 e. The fourth-order valence-electron chi connectivity index (χ4n) is 1.19. The topological polar surface area (TPSA) is 103 Å². The number of nitrogens with two attached hydrogens (primary N) is 2. The number of fused-ring (bicyclic) bond motifs is 1. The van der Waals surface area contributed by atoms with Gasteiger partial charge in [-0.25, -0.2) is 4.98 Å². The van der Waals surface area contributed by atoms with Gasteiger partial charge in [0.15, 0.2) is 0 Å². The molecule has 1 aromatic carbocycles. The van der Waals surface area contributed by atoms with Crippen LogP contribution >= 0.6 is 0 Å². The third-order valence-electron chi connectivity index (χ3n) is 1.83. The monoisotopic (exact) mass is 214 g/mol. The number of hydrogen-bond acceptors (Lipinski definition) is 4. The molecule has 0 saturated heterocycles. The van der Waals surface area contributed by atoms with E-state index in [0.717, 1.165) is 11.0 Å². The molecule has 0 spiro atoms. The first-order chi connectivity index (χ1) is 7.75. The van der Waals surface area contributed by atoms with Crippen molar-refractivity contribution in [3.63, 3.8) is 0 Å². The lowest BCUT2D eigenvalue weighted by atomic mass is 10.3. The van der Waals surface area contributed by atoms with Crippen LogP contribution < -0.4 is 11.5 Å². The molecule has 4 N–H and O–H groups in total. The van der Waals surface area contributed by atoms with Gasteiger partial charge in [-0.3, -0.25) is 4.98 Å². The quantitative estimate of drug-likeness (QED) is 0.424. The van der Waals surface area contributed by atoms with Crippen molar-refractivity contribution >= 4 is 23.2 Å². The lowest BCUT2D eigenvalue weighted by molar-refractivity contribution is 1.20. The van der Waals surface area contributed by atoms with Gasteiger partial charge in [0.25, 0.3) is 0 Å². The minimum Gasteiger partial charge on any atom is -0.369 e. The zero-order valence-corrected chi connectivity index (χ0v) is 8.41. The molecule has 0 atom stereocenters. The molecular formula is C10H10N6. The Morgan fingerprint density at radius 3 is 2.69 bits per heavy atom. The molecule has 0 radical (unpaired) electrons. The number of para-hydroxylation sites is 2. The average Bonchev–Trinajstić information content (AvgIpc) is 2.28. The average molecular weight is 214 g/mol. The third-order valence-corrected chi connectivity index (χ3v) is 1.83. The highest BCUT2D eigenvalue weighted by Gasteiger charge is 1.95. The molecule has 2 rings (SSSR count). The lowest BCUT2D eigenvalue weighted by Gasteiger charge is -1.96. The molecule has 6 nitrogen and oxygen atoms in total. The van der Waals surface area contributed by atoms with E-state index in [-0.39, 0.29) is 5.96 Å². The summed E-state index contributed by atoms with van der Waals surface area (Å²) in [7, 11) is 0. The second kappa shape index (κ2) is 4.35. The van der Waals surface area contributed by atoms with Crippen molar-refractivity contribution in [3.05, 3.63) is 36.2 Å². The fourth-order valence-corrected chi connectivity index (χ4v) is 1.19. The van der Waals surface area contributed by atoms with Gasteiger partial charge >= 0.3 is 0 Å². The Balaban J connectivity index is 2.33. The van der Waals surface area contributed by atoms with E-state index in [9.17, 15) is 0 Å². The van der Waals surface area contributed by atoms with Crippen molar-refractivity contribution in [2.24, 2.45) is 21.7 Å². The Hall–Kier alpha value is -2.50. The van der Waals surface area contributed by atoms with Crippen molar-refractivity contribution in [3.8, 4) is 0 Å². The standard InChI is InChI=1S/C10H10N6/c11-10(12)16-14-6-7-5-13-8-3-1-2-4-9(8)15-7/h1-6H,(H4,11,12,16)/b14-6+. The number of guanidine groups is 1. The van der Waals surface area contributed by atoms with Gasteiger partial charge in [0.2, 0.25) is 5.96 Å². The summed E-state index contributed by atoms with van der Waals surface area (Å²) in [5, 5.41) is 7.13. The van der Waals surface area contributed by atoms with Crippen LogP contribution in [-0.4, -0.2) is 22.1 Å². The number of aromatic nitrogens is 2. The van der Waals surface area contributed by atoms with Gasteiger partial charge in [0, 0.05) is 0 Å². The molecule has 0 aliphatic carbocycles. The summed E-state index contributed by atoms with van der Waals surface area (Å²) in [6, 6.07) is 7.57. The Labute approximate surface area is 91.7 Å². The summed E-state index contributed by atoms with van der Waals surface area (Å²) in [6.45, 7) is 0. The lowest BCUT2D eigenvalue weighted by Crippen LogP contribution is -2.21. The Morgan fingerprint density at radius 2 is 1.94 bits per heavy atom. The van der Waals surface area contributed by atoms with Crippen molar-refractivity contribution in [1.29, 1.82) is 0 Å². The Bertz CT molecular complexity index is 556. The molecule has 1 heterocycles. The molecule has 0 aliphatic heterocycles. The van der Waals surface area contributed by atoms with Crippen molar-refractivity contribution in [1.82, 2.24) is 9.97 Å². The van der Waals surface area contributed by atoms with E-state index >= 15 is 0 Å². The summed E-state index contributed by atoms with van der Waals surface area (Å²) in [4.78, 5) is 8.52. The van der Waals surface area contributed by atoms with Crippen LogP contribution in [0.4, 0.5) is 0 Å². The van der Waals surface area contributed by atoms with E-state index in [2.05, 4.69) is 20.2 Å². The molecule has 0 saturated carbocycles. The zero-order chi connectivity index (χ0) is 11.4. The zero-order valence-electron chi connectivity index (χ0n) is 8.41. The minimum absolute atomic E-state index is 0.0926. The van der Waals surface area contributed by atoms with E-state index in [1.807, 2.05) is 24.3 Å². The van der Waals surface area contributed by atoms with E-state index in [1.165, 1.54) is 6.21 Å². The first-order valence-corrected chi connectivity index (χ1v) is 4.59. The van der Waals surface area contributed by atoms with E-state index < -0.39 is 0 Å². The van der Waals surface area contributed by atoms with Crippen LogP contribution in [0.3, 0.4) is 0 Å². The van der Waals surface area contributed by atoms with Crippen molar-refractivity contribution < 1.29 is 0 Å². The fraction of sp³-hybridized carbons (Fsp3) is 0. The van der Waals surface area contributed by atoms with E-state index in [4.69, 9.17) is 11.5 Å². The number of rotatable bonds is 2. The Morgan fingerprint density at radius 1 is 1.19 bits per heavy atom. The van der Waals surface area contributed by atoms with Crippen LogP contribution in [0, 0.1) is 0 Å². The summed E-state index contributed by atoms with van der Waals surface area (Å²) >= 11 is 0. The third kappa shape index (κ3) is 2.30. The summed E-state index contributed by atoms with van der Waals surface area (Å²) < 4.78 is 0. The second-order valence-electron chi connectivity index (χ2n) is 3.05. The van der Waals surface area contributed by atoms with Gasteiger partial charge in [-0.1, -0.05) is 12.1 Å². The number of nitrogens with zero attached hydrogens (tertiary/aromatic N) is 4. The second-order valence-corrected chi connectivity index (χ2v) is 3.05. The molecule has 0 unspecified atom stereocenters. The van der Waals surface area contributed by atoms with Gasteiger partial charge in [-0.15, -0.1) is 5.10 Å². The minimum atomic E-state index is -0.0926. The number of hydrogen-bond donors (Lipinski definition) is 2. The molecule has 0 amide bonds. The molecule has 2 aromatic rings. The highest BCUT2D eigenvalue weighted by atomic mass is 15.3. The maximum Gasteiger partial charge on any atom is 0.211 e. The molecule has 16 heavy (non-hydrogen) atoms. The summed E-state index contributed by atoms with van der Waals surface area (Å²) in [6.07, 6.45) is 3.05. The molecular weight excluding hydrogens is 204 g/mol. The summed E-state index contributed by atoms with van der Waals surface area (Å²) in [5.74, 6) is -0.0926. The van der Waals surface area contributed by atoms with Crippen LogP contribution in [-0.2, 0) is 0 Å². The van der Waals surface area contributed by atoms with Gasteiger partial charge in [0.1, 0.15) is 5.69 Å². The van der Waals surface area contributed by atoms with Crippen molar-refractivity contribution in [2.75, 3.05) is 0 Å². The molecule has 80 valence electrons. The van der Waals surface area contributed by atoms with Crippen LogP contribution in [0.15, 0.2) is 40.7 Å². The maximum atomic E-state index is 5.13. The molecule has 6 heteroatoms. The van der Waals surface area contributed by atoms with Crippen molar-refractivity contribution in [2.45, 2.75) is 0 Å². The molecule has 0 fully saturated rings. The highest BCUT2D eigenvalue weighted by Crippen LogP contribution is 2.07.